The molecule has 0 saturated heterocycles. The van der Waals surface area contributed by atoms with Gasteiger partial charge >= 0.3 is 0 Å². The number of fused-ring (bicyclic) bond motifs is 1. The maximum atomic E-state index is 12.7. The molecule has 2 atom stereocenters. The van der Waals surface area contributed by atoms with E-state index in [0.717, 1.165) is 42.5 Å². The third-order valence-corrected chi connectivity index (χ3v) is 5.59. The van der Waals surface area contributed by atoms with Crippen LogP contribution in [-0.2, 0) is 18.4 Å². The Morgan fingerprint density at radius 3 is 2.84 bits per heavy atom. The standard InChI is InChI=1S/C18H27N5O2/c1-10-12(11(2)21-15-14(10)17(25)22-23(15)4)9-20-16(24)13-7-5-6-8-18(13,3)19/h13H,5-9,19H2,1-4H3,(H,20,24)(H,22,25). The number of carbonyl (C=O) groups excluding carboxylic acids is 1. The largest absolute Gasteiger partial charge is 0.352 e. The Balaban J connectivity index is 1.85. The first-order valence-electron chi connectivity index (χ1n) is 8.83. The van der Waals surface area contributed by atoms with Gasteiger partial charge in [0.1, 0.15) is 0 Å². The number of nitrogens with two attached hydrogens (primary N) is 1. The molecule has 0 spiro atoms. The Bertz CT molecular complexity index is 878. The minimum absolute atomic E-state index is 0.00873. The van der Waals surface area contributed by atoms with E-state index in [1.807, 2.05) is 20.8 Å². The number of amides is 1. The van der Waals surface area contributed by atoms with Crippen molar-refractivity contribution >= 4 is 16.9 Å². The van der Waals surface area contributed by atoms with Crippen LogP contribution in [0.15, 0.2) is 4.79 Å². The summed E-state index contributed by atoms with van der Waals surface area (Å²) >= 11 is 0. The molecule has 1 saturated carbocycles. The maximum Gasteiger partial charge on any atom is 0.273 e. The molecule has 4 N–H and O–H groups in total. The van der Waals surface area contributed by atoms with Gasteiger partial charge in [0, 0.05) is 24.8 Å². The monoisotopic (exact) mass is 345 g/mol. The summed E-state index contributed by atoms with van der Waals surface area (Å²) < 4.78 is 1.63. The van der Waals surface area contributed by atoms with Gasteiger partial charge in [0.25, 0.3) is 5.56 Å². The normalized spacial score (nSPS) is 23.8. The van der Waals surface area contributed by atoms with E-state index in [1.165, 1.54) is 0 Å². The molecule has 1 fully saturated rings. The number of hydrogen-bond acceptors (Lipinski definition) is 4. The number of H-pyrrole nitrogens is 1. The molecule has 0 aromatic carbocycles. The van der Waals surface area contributed by atoms with Crippen LogP contribution in [0.2, 0.25) is 0 Å². The fraction of sp³-hybridized carbons (Fsp3) is 0.611. The Morgan fingerprint density at radius 2 is 2.16 bits per heavy atom. The Labute approximate surface area is 147 Å². The van der Waals surface area contributed by atoms with Gasteiger partial charge in [-0.05, 0) is 44.7 Å². The van der Waals surface area contributed by atoms with E-state index in [1.54, 1.807) is 11.7 Å². The minimum Gasteiger partial charge on any atom is -0.352 e. The molecule has 1 aliphatic rings. The third-order valence-electron chi connectivity index (χ3n) is 5.59. The molecule has 2 heterocycles. The van der Waals surface area contributed by atoms with Crippen LogP contribution in [0.25, 0.3) is 11.0 Å². The van der Waals surface area contributed by atoms with Gasteiger partial charge in [-0.3, -0.25) is 19.4 Å². The van der Waals surface area contributed by atoms with Crippen molar-refractivity contribution < 1.29 is 4.79 Å². The van der Waals surface area contributed by atoms with Crippen LogP contribution in [-0.4, -0.2) is 26.2 Å². The van der Waals surface area contributed by atoms with Gasteiger partial charge in [-0.15, -0.1) is 0 Å². The van der Waals surface area contributed by atoms with Crippen molar-refractivity contribution in [2.45, 2.75) is 58.5 Å². The van der Waals surface area contributed by atoms with E-state index >= 15 is 0 Å². The van der Waals surface area contributed by atoms with Crippen LogP contribution in [0.3, 0.4) is 0 Å². The summed E-state index contributed by atoms with van der Waals surface area (Å²) in [5.74, 6) is -0.177. The molecule has 7 nitrogen and oxygen atoms in total. The fourth-order valence-corrected chi connectivity index (χ4v) is 4.00. The second kappa shape index (κ2) is 6.29. The van der Waals surface area contributed by atoms with Crippen LogP contribution in [0, 0.1) is 19.8 Å². The van der Waals surface area contributed by atoms with Crippen molar-refractivity contribution in [2.75, 3.05) is 0 Å². The summed E-state index contributed by atoms with van der Waals surface area (Å²) in [7, 11) is 1.77. The first-order chi connectivity index (χ1) is 11.7. The van der Waals surface area contributed by atoms with E-state index in [-0.39, 0.29) is 17.4 Å². The van der Waals surface area contributed by atoms with Crippen molar-refractivity contribution in [3.05, 3.63) is 27.2 Å². The first-order valence-corrected chi connectivity index (χ1v) is 8.83. The number of aromatic amines is 1. The second-order valence-electron chi connectivity index (χ2n) is 7.52. The highest BCUT2D eigenvalue weighted by molar-refractivity contribution is 5.82. The van der Waals surface area contributed by atoms with E-state index in [9.17, 15) is 9.59 Å². The van der Waals surface area contributed by atoms with Gasteiger partial charge in [-0.1, -0.05) is 12.8 Å². The number of nitrogens with one attached hydrogen (secondary N) is 2. The molecule has 0 radical (unpaired) electrons. The average molecular weight is 345 g/mol. The summed E-state index contributed by atoms with van der Waals surface area (Å²) in [6.07, 6.45) is 3.81. The fourth-order valence-electron chi connectivity index (χ4n) is 4.00. The number of hydrogen-bond donors (Lipinski definition) is 3. The molecule has 0 bridgehead atoms. The molecule has 0 aliphatic heterocycles. The lowest BCUT2D eigenvalue weighted by atomic mass is 9.74. The summed E-state index contributed by atoms with van der Waals surface area (Å²) in [4.78, 5) is 29.3. The van der Waals surface area contributed by atoms with Crippen LogP contribution < -0.4 is 16.6 Å². The Kier molecular flexibility index (Phi) is 4.45. The molecule has 1 amide bonds. The molecule has 2 aromatic rings. The van der Waals surface area contributed by atoms with E-state index in [4.69, 9.17) is 5.73 Å². The molecule has 1 aliphatic carbocycles. The number of pyridine rings is 1. The number of carbonyl (C=O) groups is 1. The zero-order valence-corrected chi connectivity index (χ0v) is 15.4. The SMILES string of the molecule is Cc1nc2c(c(C)c1CNC(=O)C1CCCCC1(C)N)c(=O)[nH]n2C. The third kappa shape index (κ3) is 3.08. The molecule has 7 heteroatoms. The summed E-state index contributed by atoms with van der Waals surface area (Å²) in [5, 5.41) is 6.33. The van der Waals surface area contributed by atoms with Crippen LogP contribution in [0.4, 0.5) is 0 Å². The number of aromatic nitrogens is 3. The average Bonchev–Trinajstić information content (AvgIpc) is 2.80. The van der Waals surface area contributed by atoms with Gasteiger partial charge in [0.15, 0.2) is 5.65 Å². The topological polar surface area (TPSA) is 106 Å². The van der Waals surface area contributed by atoms with Gasteiger partial charge in [0.05, 0.1) is 11.3 Å². The number of nitrogens with zero attached hydrogens (tertiary/aromatic N) is 2. The highest BCUT2D eigenvalue weighted by Gasteiger charge is 2.37. The first kappa shape index (κ1) is 17.7. The predicted octanol–water partition coefficient (Wildman–Crippen LogP) is 1.40. The van der Waals surface area contributed by atoms with E-state index in [2.05, 4.69) is 15.4 Å². The summed E-state index contributed by atoms with van der Waals surface area (Å²) in [5.41, 5.74) is 8.93. The molecule has 25 heavy (non-hydrogen) atoms. The predicted molar refractivity (Wildman–Crippen MR) is 97.2 cm³/mol. The molecule has 2 aromatic heterocycles. The van der Waals surface area contributed by atoms with Crippen LogP contribution in [0.1, 0.15) is 49.4 Å². The lowest BCUT2D eigenvalue weighted by molar-refractivity contribution is -0.128. The molecular weight excluding hydrogens is 318 g/mol. The van der Waals surface area contributed by atoms with Crippen molar-refractivity contribution in [1.82, 2.24) is 20.1 Å². The van der Waals surface area contributed by atoms with Crippen molar-refractivity contribution in [2.24, 2.45) is 18.7 Å². The van der Waals surface area contributed by atoms with Crippen molar-refractivity contribution in [3.63, 3.8) is 0 Å². The smallest absolute Gasteiger partial charge is 0.273 e. The summed E-state index contributed by atoms with van der Waals surface area (Å²) in [6, 6.07) is 0. The van der Waals surface area contributed by atoms with E-state index in [0.29, 0.717) is 17.6 Å². The quantitative estimate of drug-likeness (QED) is 0.782. The molecule has 2 unspecified atom stereocenters. The van der Waals surface area contributed by atoms with Gasteiger partial charge < -0.3 is 11.1 Å². The maximum absolute atomic E-state index is 12.7. The Morgan fingerprint density at radius 1 is 1.44 bits per heavy atom. The van der Waals surface area contributed by atoms with Gasteiger partial charge in [-0.25, -0.2) is 4.98 Å². The number of aryl methyl sites for hydroxylation is 3. The van der Waals surface area contributed by atoms with Crippen LogP contribution >= 0.6 is 0 Å². The summed E-state index contributed by atoms with van der Waals surface area (Å²) in [6.45, 7) is 6.13. The number of rotatable bonds is 3. The molecular formula is C18H27N5O2. The van der Waals surface area contributed by atoms with Crippen LogP contribution in [0.5, 0.6) is 0 Å². The highest BCUT2D eigenvalue weighted by atomic mass is 16.2. The van der Waals surface area contributed by atoms with Crippen molar-refractivity contribution in [3.8, 4) is 0 Å². The lowest BCUT2D eigenvalue weighted by Gasteiger charge is -2.37. The molecule has 136 valence electrons. The zero-order chi connectivity index (χ0) is 18.4. The Hall–Kier alpha value is -2.15. The highest BCUT2D eigenvalue weighted by Crippen LogP contribution is 2.31. The molecule has 3 rings (SSSR count). The van der Waals surface area contributed by atoms with Gasteiger partial charge in [0.2, 0.25) is 5.91 Å². The minimum atomic E-state index is -0.453. The second-order valence-corrected chi connectivity index (χ2v) is 7.52. The zero-order valence-electron chi connectivity index (χ0n) is 15.4. The van der Waals surface area contributed by atoms with E-state index < -0.39 is 5.54 Å². The van der Waals surface area contributed by atoms with Gasteiger partial charge in [-0.2, -0.15) is 0 Å². The van der Waals surface area contributed by atoms with Crippen molar-refractivity contribution in [1.29, 1.82) is 0 Å². The lowest BCUT2D eigenvalue weighted by Crippen LogP contribution is -2.52.